The summed E-state index contributed by atoms with van der Waals surface area (Å²) >= 11 is 0. The van der Waals surface area contributed by atoms with Crippen molar-refractivity contribution >= 4 is 15.5 Å². The molecule has 2 aliphatic heterocycles. The van der Waals surface area contributed by atoms with Gasteiger partial charge in [-0.3, -0.25) is 9.97 Å². The van der Waals surface area contributed by atoms with E-state index in [1.807, 2.05) is 0 Å². The maximum Gasteiger partial charge on any atom is 0.208 e. The molecule has 4 rings (SSSR count). The van der Waals surface area contributed by atoms with E-state index in [2.05, 4.69) is 20.2 Å². The highest BCUT2D eigenvalue weighted by molar-refractivity contribution is 7.91. The van der Waals surface area contributed by atoms with Gasteiger partial charge in [-0.15, -0.1) is 0 Å². The summed E-state index contributed by atoms with van der Waals surface area (Å²) in [6, 6.07) is 5.24. The average Bonchev–Trinajstić information content (AvgIpc) is 2.94. The Morgan fingerprint density at radius 1 is 1.09 bits per heavy atom. The summed E-state index contributed by atoms with van der Waals surface area (Å²) in [5.41, 5.74) is 0.874. The minimum Gasteiger partial charge on any atom is -0.368 e. The largest absolute Gasteiger partial charge is 0.368 e. The Kier molecular flexibility index (Phi) is 3.54. The Hall–Kier alpha value is -1.99. The maximum atomic E-state index is 12.7. The number of sulfone groups is 1. The van der Waals surface area contributed by atoms with Crippen molar-refractivity contribution in [3.05, 3.63) is 43.0 Å². The zero-order valence-electron chi connectivity index (χ0n) is 12.6. The molecule has 2 fully saturated rings. The van der Waals surface area contributed by atoms with Gasteiger partial charge in [0.25, 0.3) is 0 Å². The van der Waals surface area contributed by atoms with Crippen molar-refractivity contribution in [3.63, 3.8) is 0 Å². The van der Waals surface area contributed by atoms with E-state index in [0.717, 1.165) is 25.3 Å². The van der Waals surface area contributed by atoms with Gasteiger partial charge in [0.1, 0.15) is 0 Å². The molecule has 0 amide bonds. The quantitative estimate of drug-likeness (QED) is 0.908. The van der Waals surface area contributed by atoms with E-state index in [1.54, 1.807) is 12.3 Å². The van der Waals surface area contributed by atoms with Crippen molar-refractivity contribution in [2.45, 2.75) is 22.3 Å². The molecule has 2 unspecified atom stereocenters. The van der Waals surface area contributed by atoms with Gasteiger partial charge < -0.3 is 10.2 Å². The molecule has 6 nitrogen and oxygen atoms in total. The molecule has 2 bridgehead atoms. The predicted molar refractivity (Wildman–Crippen MR) is 86.0 cm³/mol. The van der Waals surface area contributed by atoms with Crippen molar-refractivity contribution < 1.29 is 8.42 Å². The third-order valence-electron chi connectivity index (χ3n) is 4.57. The number of nitrogens with one attached hydrogen (secondary N) is 1. The van der Waals surface area contributed by atoms with E-state index in [0.29, 0.717) is 12.0 Å². The maximum absolute atomic E-state index is 12.7. The monoisotopic (exact) mass is 330 g/mol. The van der Waals surface area contributed by atoms with Crippen LogP contribution in [-0.2, 0) is 9.84 Å². The van der Waals surface area contributed by atoms with E-state index < -0.39 is 9.84 Å². The first kappa shape index (κ1) is 14.6. The van der Waals surface area contributed by atoms with E-state index in [4.69, 9.17) is 0 Å². The van der Waals surface area contributed by atoms with Gasteiger partial charge in [0, 0.05) is 44.3 Å². The first-order valence-electron chi connectivity index (χ1n) is 7.71. The molecule has 1 N–H and O–H groups in total. The number of nitrogens with zero attached hydrogens (tertiary/aromatic N) is 3. The molecular formula is C16H18N4O2S. The second kappa shape index (κ2) is 5.58. The van der Waals surface area contributed by atoms with E-state index in [1.165, 1.54) is 37.1 Å². The molecule has 0 radical (unpaired) electrons. The molecule has 2 aromatic heterocycles. The molecule has 0 aromatic carbocycles. The van der Waals surface area contributed by atoms with E-state index in [-0.39, 0.29) is 9.79 Å². The van der Waals surface area contributed by atoms with Gasteiger partial charge in [0.2, 0.25) is 9.84 Å². The first-order chi connectivity index (χ1) is 11.1. The number of anilines is 1. The lowest BCUT2D eigenvalue weighted by Crippen LogP contribution is -2.41. The molecule has 0 saturated carbocycles. The number of rotatable bonds is 3. The van der Waals surface area contributed by atoms with Crippen molar-refractivity contribution in [2.75, 3.05) is 24.5 Å². The van der Waals surface area contributed by atoms with Gasteiger partial charge in [-0.05, 0) is 30.5 Å². The Balaban J connectivity index is 1.67. The number of pyridine rings is 2. The molecule has 23 heavy (non-hydrogen) atoms. The van der Waals surface area contributed by atoms with Crippen LogP contribution in [0.5, 0.6) is 0 Å². The van der Waals surface area contributed by atoms with Crippen LogP contribution in [0.2, 0.25) is 0 Å². The summed E-state index contributed by atoms with van der Waals surface area (Å²) in [4.78, 5) is 10.7. The van der Waals surface area contributed by atoms with Crippen LogP contribution >= 0.6 is 0 Å². The number of fused-ring (bicyclic) bond motifs is 2. The topological polar surface area (TPSA) is 75.2 Å². The van der Waals surface area contributed by atoms with Crippen LogP contribution in [0.15, 0.2) is 52.8 Å². The fourth-order valence-electron chi connectivity index (χ4n) is 3.42. The fraction of sp³-hybridized carbons (Fsp3) is 0.375. The van der Waals surface area contributed by atoms with Crippen molar-refractivity contribution in [1.82, 2.24) is 15.3 Å². The predicted octanol–water partition coefficient (Wildman–Crippen LogP) is 1.11. The van der Waals surface area contributed by atoms with Gasteiger partial charge in [0.05, 0.1) is 21.7 Å². The molecule has 0 spiro atoms. The lowest BCUT2D eigenvalue weighted by atomic mass is 10.00. The minimum absolute atomic E-state index is 0.229. The summed E-state index contributed by atoms with van der Waals surface area (Å²) in [5, 5.41) is 3.50. The lowest BCUT2D eigenvalue weighted by molar-refractivity contribution is 0.474. The molecule has 2 aliphatic rings. The van der Waals surface area contributed by atoms with E-state index >= 15 is 0 Å². The molecule has 0 aliphatic carbocycles. The average molecular weight is 330 g/mol. The molecule has 120 valence electrons. The third kappa shape index (κ3) is 2.70. The number of piperidine rings is 1. The second-order valence-corrected chi connectivity index (χ2v) is 8.13. The van der Waals surface area contributed by atoms with Crippen molar-refractivity contribution in [1.29, 1.82) is 0 Å². The van der Waals surface area contributed by atoms with Crippen LogP contribution < -0.4 is 10.2 Å². The Morgan fingerprint density at radius 3 is 2.70 bits per heavy atom. The van der Waals surface area contributed by atoms with Gasteiger partial charge in [-0.1, -0.05) is 0 Å². The normalized spacial score (nSPS) is 23.9. The minimum atomic E-state index is -3.56. The zero-order chi connectivity index (χ0) is 15.9. The Morgan fingerprint density at radius 2 is 1.91 bits per heavy atom. The summed E-state index contributed by atoms with van der Waals surface area (Å²) < 4.78 is 25.4. The van der Waals surface area contributed by atoms with Crippen molar-refractivity contribution in [3.8, 4) is 0 Å². The highest BCUT2D eigenvalue weighted by atomic mass is 32.2. The molecular weight excluding hydrogens is 312 g/mol. The second-order valence-electron chi connectivity index (χ2n) is 6.18. The lowest BCUT2D eigenvalue weighted by Gasteiger charge is -2.32. The number of aromatic nitrogens is 2. The zero-order valence-corrected chi connectivity index (χ0v) is 13.4. The summed E-state index contributed by atoms with van der Waals surface area (Å²) in [6.07, 6.45) is 7.33. The molecule has 2 atom stereocenters. The van der Waals surface area contributed by atoms with E-state index in [9.17, 15) is 8.42 Å². The SMILES string of the molecule is O=S(=O)(c1ccncc1)c1cncc(N2CC3CNC(C3)C2)c1. The van der Waals surface area contributed by atoms with Crippen LogP contribution in [0.4, 0.5) is 5.69 Å². The molecule has 2 aromatic rings. The molecule has 7 heteroatoms. The fourth-order valence-corrected chi connectivity index (χ4v) is 4.65. The van der Waals surface area contributed by atoms with Crippen LogP contribution in [0, 0.1) is 5.92 Å². The van der Waals surface area contributed by atoms with Crippen LogP contribution in [-0.4, -0.2) is 44.1 Å². The van der Waals surface area contributed by atoms with Crippen LogP contribution in [0.25, 0.3) is 0 Å². The Bertz CT molecular complexity index is 798. The van der Waals surface area contributed by atoms with Gasteiger partial charge >= 0.3 is 0 Å². The number of hydrogen-bond donors (Lipinski definition) is 1. The highest BCUT2D eigenvalue weighted by Crippen LogP contribution is 2.29. The highest BCUT2D eigenvalue weighted by Gasteiger charge is 2.33. The summed E-state index contributed by atoms with van der Waals surface area (Å²) in [7, 11) is -3.56. The third-order valence-corrected chi connectivity index (χ3v) is 6.30. The van der Waals surface area contributed by atoms with Gasteiger partial charge in [0.15, 0.2) is 0 Å². The first-order valence-corrected chi connectivity index (χ1v) is 9.20. The van der Waals surface area contributed by atoms with Crippen LogP contribution in [0.3, 0.4) is 0 Å². The Labute approximate surface area is 135 Å². The standard InChI is InChI=1S/C16H18N4O2S/c21-23(22,15-1-3-17-4-2-15)16-6-14(8-18-9-16)20-10-12-5-13(11-20)19-7-12/h1-4,6,8-9,12-13,19H,5,7,10-11H2. The van der Waals surface area contributed by atoms with Gasteiger partial charge in [-0.25, -0.2) is 8.42 Å². The summed E-state index contributed by atoms with van der Waals surface area (Å²) in [6.45, 7) is 2.89. The van der Waals surface area contributed by atoms with Crippen molar-refractivity contribution in [2.24, 2.45) is 5.92 Å². The smallest absolute Gasteiger partial charge is 0.208 e. The van der Waals surface area contributed by atoms with Gasteiger partial charge in [-0.2, -0.15) is 0 Å². The summed E-state index contributed by atoms with van der Waals surface area (Å²) in [5.74, 6) is 0.634. The number of hydrogen-bond acceptors (Lipinski definition) is 6. The molecule has 4 heterocycles. The molecule has 2 saturated heterocycles. The van der Waals surface area contributed by atoms with Crippen LogP contribution in [0.1, 0.15) is 6.42 Å².